The molecular weight excluding hydrogens is 243 g/mol. The zero-order valence-electron chi connectivity index (χ0n) is 11.9. The number of halogens is 1. The summed E-state index contributed by atoms with van der Waals surface area (Å²) in [7, 11) is 0. The van der Waals surface area contributed by atoms with E-state index in [1.54, 1.807) is 6.07 Å². The Labute approximate surface area is 116 Å². The molecule has 1 unspecified atom stereocenters. The van der Waals surface area contributed by atoms with Gasteiger partial charge in [0.25, 0.3) is 0 Å². The molecular formula is C16H27FS. The van der Waals surface area contributed by atoms with Crippen molar-refractivity contribution in [3.05, 3.63) is 22.1 Å². The minimum absolute atomic E-state index is 0.0287. The third-order valence-electron chi connectivity index (χ3n) is 3.56. The van der Waals surface area contributed by atoms with Crippen LogP contribution < -0.4 is 0 Å². The molecule has 0 aliphatic carbocycles. The summed E-state index contributed by atoms with van der Waals surface area (Å²) in [6.45, 7) is 4.48. The minimum Gasteiger partial charge on any atom is -0.195 e. The Morgan fingerprint density at radius 3 is 2.11 bits per heavy atom. The maximum absolute atomic E-state index is 13.1. The highest BCUT2D eigenvalue weighted by atomic mass is 32.1. The lowest BCUT2D eigenvalue weighted by Crippen LogP contribution is -1.97. The molecule has 2 heteroatoms. The van der Waals surface area contributed by atoms with Gasteiger partial charge in [-0.05, 0) is 30.9 Å². The smallest absolute Gasteiger partial charge is 0.176 e. The Morgan fingerprint density at radius 1 is 0.944 bits per heavy atom. The Bertz CT molecular complexity index is 306. The van der Waals surface area contributed by atoms with Crippen LogP contribution in [0.25, 0.3) is 0 Å². The summed E-state index contributed by atoms with van der Waals surface area (Å²) in [6.07, 6.45) is 11.6. The van der Waals surface area contributed by atoms with Crippen molar-refractivity contribution < 1.29 is 4.39 Å². The molecule has 0 nitrogen and oxygen atoms in total. The van der Waals surface area contributed by atoms with Crippen molar-refractivity contribution in [2.75, 3.05) is 0 Å². The van der Waals surface area contributed by atoms with E-state index in [9.17, 15) is 4.39 Å². The van der Waals surface area contributed by atoms with Crippen LogP contribution in [-0.2, 0) is 0 Å². The molecule has 18 heavy (non-hydrogen) atoms. The number of thiophene rings is 1. The lowest BCUT2D eigenvalue weighted by Gasteiger charge is -2.15. The van der Waals surface area contributed by atoms with Gasteiger partial charge in [-0.15, -0.1) is 11.3 Å². The van der Waals surface area contributed by atoms with E-state index < -0.39 is 0 Å². The molecule has 0 aliphatic heterocycles. The Hall–Kier alpha value is -0.370. The van der Waals surface area contributed by atoms with Crippen LogP contribution in [0.2, 0.25) is 0 Å². The van der Waals surface area contributed by atoms with Gasteiger partial charge in [0, 0.05) is 4.88 Å². The lowest BCUT2D eigenvalue weighted by atomic mass is 9.93. The molecule has 1 aromatic rings. The molecule has 0 saturated heterocycles. The maximum atomic E-state index is 13.1. The third kappa shape index (κ3) is 5.99. The van der Waals surface area contributed by atoms with Crippen LogP contribution in [0.1, 0.15) is 82.4 Å². The normalized spacial score (nSPS) is 12.8. The van der Waals surface area contributed by atoms with Crippen molar-refractivity contribution >= 4 is 11.3 Å². The molecule has 0 saturated carbocycles. The minimum atomic E-state index is -0.0287. The van der Waals surface area contributed by atoms with Crippen molar-refractivity contribution in [1.29, 1.82) is 0 Å². The van der Waals surface area contributed by atoms with Gasteiger partial charge in [-0.1, -0.05) is 58.8 Å². The van der Waals surface area contributed by atoms with Gasteiger partial charge < -0.3 is 0 Å². The van der Waals surface area contributed by atoms with Crippen molar-refractivity contribution in [3.63, 3.8) is 0 Å². The number of hydrogen-bond donors (Lipinski definition) is 0. The fraction of sp³-hybridized carbons (Fsp3) is 0.750. The summed E-state index contributed by atoms with van der Waals surface area (Å²) in [5.74, 6) is 0.600. The number of unbranched alkanes of at least 4 members (excludes halogenated alkanes) is 5. The van der Waals surface area contributed by atoms with Gasteiger partial charge in [-0.25, -0.2) is 0 Å². The topological polar surface area (TPSA) is 0 Å². The molecule has 0 aliphatic rings. The van der Waals surface area contributed by atoms with Gasteiger partial charge in [0.15, 0.2) is 5.13 Å². The van der Waals surface area contributed by atoms with Gasteiger partial charge in [0.1, 0.15) is 0 Å². The Morgan fingerprint density at radius 2 is 1.56 bits per heavy atom. The second-order valence-corrected chi connectivity index (χ2v) is 6.25. The van der Waals surface area contributed by atoms with Gasteiger partial charge in [0.05, 0.1) is 0 Å². The van der Waals surface area contributed by atoms with E-state index >= 15 is 0 Å². The van der Waals surface area contributed by atoms with Gasteiger partial charge in [0.2, 0.25) is 0 Å². The molecule has 0 spiro atoms. The Balaban J connectivity index is 2.41. The summed E-state index contributed by atoms with van der Waals surface area (Å²) in [5, 5.41) is -0.0287. The molecule has 1 heterocycles. The van der Waals surface area contributed by atoms with E-state index in [0.717, 1.165) is 0 Å². The highest BCUT2D eigenvalue weighted by Crippen LogP contribution is 2.32. The molecule has 0 amide bonds. The summed E-state index contributed by atoms with van der Waals surface area (Å²) in [6, 6.07) is 3.62. The van der Waals surface area contributed by atoms with Crippen molar-refractivity contribution in [1.82, 2.24) is 0 Å². The van der Waals surface area contributed by atoms with Gasteiger partial charge in [-0.3, -0.25) is 0 Å². The highest BCUT2D eigenvalue weighted by molar-refractivity contribution is 7.10. The van der Waals surface area contributed by atoms with E-state index in [1.807, 2.05) is 6.07 Å². The van der Waals surface area contributed by atoms with Crippen LogP contribution in [0.5, 0.6) is 0 Å². The molecule has 0 bridgehead atoms. The fourth-order valence-electron chi connectivity index (χ4n) is 2.43. The van der Waals surface area contributed by atoms with Crippen LogP contribution in [0.3, 0.4) is 0 Å². The van der Waals surface area contributed by atoms with Crippen LogP contribution in [-0.4, -0.2) is 0 Å². The zero-order chi connectivity index (χ0) is 13.2. The molecule has 1 rings (SSSR count). The molecule has 0 fully saturated rings. The second-order valence-electron chi connectivity index (χ2n) is 5.18. The predicted molar refractivity (Wildman–Crippen MR) is 79.9 cm³/mol. The summed E-state index contributed by atoms with van der Waals surface area (Å²) >= 11 is 1.35. The van der Waals surface area contributed by atoms with Gasteiger partial charge >= 0.3 is 0 Å². The van der Waals surface area contributed by atoms with Crippen molar-refractivity contribution in [3.8, 4) is 0 Å². The summed E-state index contributed by atoms with van der Waals surface area (Å²) in [5.41, 5.74) is 0. The first-order valence-electron chi connectivity index (χ1n) is 7.53. The van der Waals surface area contributed by atoms with Crippen LogP contribution in [0, 0.1) is 5.13 Å². The average Bonchev–Trinajstić information content (AvgIpc) is 2.79. The summed E-state index contributed by atoms with van der Waals surface area (Å²) in [4.78, 5) is 1.26. The number of hydrogen-bond acceptors (Lipinski definition) is 1. The van der Waals surface area contributed by atoms with Gasteiger partial charge in [-0.2, -0.15) is 4.39 Å². The molecule has 1 atom stereocenters. The third-order valence-corrected chi connectivity index (χ3v) is 4.59. The monoisotopic (exact) mass is 270 g/mol. The standard InChI is InChI=1S/C16H27FS/c1-3-5-7-9-11-14(10-8-6-4-2)15-12-13-16(17)18-15/h12-14H,3-11H2,1-2H3. The van der Waals surface area contributed by atoms with E-state index in [1.165, 1.54) is 74.0 Å². The maximum Gasteiger partial charge on any atom is 0.176 e. The van der Waals surface area contributed by atoms with Crippen LogP contribution in [0.4, 0.5) is 4.39 Å². The molecule has 0 aromatic carbocycles. The fourth-order valence-corrected chi connectivity index (χ4v) is 3.33. The number of rotatable bonds is 10. The Kier molecular flexibility index (Phi) is 8.32. The zero-order valence-corrected chi connectivity index (χ0v) is 12.7. The van der Waals surface area contributed by atoms with E-state index in [0.29, 0.717) is 5.92 Å². The first-order chi connectivity index (χ1) is 8.77. The van der Waals surface area contributed by atoms with E-state index in [4.69, 9.17) is 0 Å². The first kappa shape index (κ1) is 15.7. The SMILES string of the molecule is CCCCCCC(CCCCC)c1ccc(F)s1. The average molecular weight is 270 g/mol. The largest absolute Gasteiger partial charge is 0.195 e. The molecule has 1 aromatic heterocycles. The van der Waals surface area contributed by atoms with Crippen LogP contribution >= 0.6 is 11.3 Å². The van der Waals surface area contributed by atoms with Crippen molar-refractivity contribution in [2.45, 2.75) is 77.6 Å². The molecule has 0 radical (unpaired) electrons. The molecule has 0 N–H and O–H groups in total. The summed E-state index contributed by atoms with van der Waals surface area (Å²) < 4.78 is 13.1. The van der Waals surface area contributed by atoms with Crippen molar-refractivity contribution in [2.24, 2.45) is 0 Å². The first-order valence-corrected chi connectivity index (χ1v) is 8.34. The van der Waals surface area contributed by atoms with Crippen LogP contribution in [0.15, 0.2) is 12.1 Å². The highest BCUT2D eigenvalue weighted by Gasteiger charge is 2.13. The molecule has 104 valence electrons. The predicted octanol–water partition coefficient (Wildman–Crippen LogP) is 6.52. The van der Waals surface area contributed by atoms with E-state index in [-0.39, 0.29) is 5.13 Å². The second kappa shape index (κ2) is 9.55. The quantitative estimate of drug-likeness (QED) is 0.424. The lowest BCUT2D eigenvalue weighted by molar-refractivity contribution is 0.506. The van der Waals surface area contributed by atoms with E-state index in [2.05, 4.69) is 13.8 Å².